The molecule has 0 unspecified atom stereocenters. The second-order valence-corrected chi connectivity index (χ2v) is 5.26. The van der Waals surface area contributed by atoms with Crippen molar-refractivity contribution < 1.29 is 4.39 Å². The molecule has 0 saturated heterocycles. The molecule has 0 bridgehead atoms. The topological polar surface area (TPSA) is 50.4 Å². The number of hydrogen-bond acceptors (Lipinski definition) is 1. The Hall–Kier alpha value is -1.58. The molecule has 19 heavy (non-hydrogen) atoms. The van der Waals surface area contributed by atoms with E-state index in [0.717, 1.165) is 5.56 Å². The van der Waals surface area contributed by atoms with Crippen LogP contribution in [0.1, 0.15) is 43.2 Å². The predicted molar refractivity (Wildman–Crippen MR) is 76.5 cm³/mol. The van der Waals surface area contributed by atoms with E-state index in [1.165, 1.54) is 38.2 Å². The number of nitrogens with two attached hydrogens (primary N) is 1. The lowest BCUT2D eigenvalue weighted by molar-refractivity contribution is 0.412. The molecule has 3 N–H and O–H groups in total. The van der Waals surface area contributed by atoms with Crippen LogP contribution in [0, 0.1) is 12.7 Å². The minimum Gasteiger partial charge on any atom is -0.370 e. The van der Waals surface area contributed by atoms with Crippen LogP contribution in [0.2, 0.25) is 0 Å². The molecule has 0 aromatic heterocycles. The van der Waals surface area contributed by atoms with Crippen LogP contribution in [0.5, 0.6) is 0 Å². The summed E-state index contributed by atoms with van der Waals surface area (Å²) >= 11 is 0. The maximum atomic E-state index is 13.1. The molecule has 0 radical (unpaired) electrons. The van der Waals surface area contributed by atoms with Gasteiger partial charge in [-0.25, -0.2) is 9.38 Å². The standard InChI is InChI=1S/C15H22FN3/c1-11-9-12(7-8-14(11)16)10-18-15(17)19-13-5-3-2-4-6-13/h7-9,13H,2-6,10H2,1H3,(H3,17,18,19). The summed E-state index contributed by atoms with van der Waals surface area (Å²) in [5.74, 6) is 0.315. The van der Waals surface area contributed by atoms with Crippen LogP contribution >= 0.6 is 0 Å². The predicted octanol–water partition coefficient (Wildman–Crippen LogP) is 2.87. The fourth-order valence-corrected chi connectivity index (χ4v) is 2.48. The summed E-state index contributed by atoms with van der Waals surface area (Å²) in [4.78, 5) is 4.32. The van der Waals surface area contributed by atoms with Crippen molar-refractivity contribution in [3.05, 3.63) is 35.1 Å². The van der Waals surface area contributed by atoms with Gasteiger partial charge >= 0.3 is 0 Å². The number of halogens is 1. The number of rotatable bonds is 3. The fraction of sp³-hybridized carbons (Fsp3) is 0.533. The van der Waals surface area contributed by atoms with Gasteiger partial charge in [-0.3, -0.25) is 0 Å². The Morgan fingerprint density at radius 2 is 2.11 bits per heavy atom. The number of hydrogen-bond donors (Lipinski definition) is 2. The lowest BCUT2D eigenvalue weighted by Crippen LogP contribution is -2.41. The van der Waals surface area contributed by atoms with Gasteiger partial charge in [0.15, 0.2) is 5.96 Å². The summed E-state index contributed by atoms with van der Waals surface area (Å²) in [6.45, 7) is 2.25. The molecule has 0 amide bonds. The first-order valence-electron chi connectivity index (χ1n) is 6.96. The third kappa shape index (κ3) is 4.23. The number of nitrogens with zero attached hydrogens (tertiary/aromatic N) is 1. The molecule has 1 saturated carbocycles. The Bertz CT molecular complexity index is 451. The summed E-state index contributed by atoms with van der Waals surface area (Å²) in [5, 5.41) is 3.27. The van der Waals surface area contributed by atoms with Gasteiger partial charge in [0.1, 0.15) is 5.82 Å². The van der Waals surface area contributed by atoms with Crippen LogP contribution in [0.4, 0.5) is 4.39 Å². The van der Waals surface area contributed by atoms with Crippen LogP contribution < -0.4 is 11.1 Å². The van der Waals surface area contributed by atoms with Gasteiger partial charge in [-0.15, -0.1) is 0 Å². The normalized spacial score (nSPS) is 17.5. The quantitative estimate of drug-likeness (QED) is 0.651. The minimum atomic E-state index is -0.180. The van der Waals surface area contributed by atoms with Crippen molar-refractivity contribution in [1.82, 2.24) is 5.32 Å². The zero-order valence-electron chi connectivity index (χ0n) is 11.5. The molecule has 1 aromatic rings. The van der Waals surface area contributed by atoms with E-state index < -0.39 is 0 Å². The van der Waals surface area contributed by atoms with Crippen LogP contribution in [0.15, 0.2) is 23.2 Å². The maximum absolute atomic E-state index is 13.1. The maximum Gasteiger partial charge on any atom is 0.189 e. The molecule has 2 rings (SSSR count). The van der Waals surface area contributed by atoms with Gasteiger partial charge in [-0.1, -0.05) is 31.4 Å². The van der Waals surface area contributed by atoms with Gasteiger partial charge in [0.25, 0.3) is 0 Å². The molecule has 1 aliphatic rings. The number of guanidine groups is 1. The third-order valence-electron chi connectivity index (χ3n) is 3.61. The molecule has 1 fully saturated rings. The Kier molecular flexibility index (Phi) is 4.77. The molecule has 1 aromatic carbocycles. The second kappa shape index (κ2) is 6.55. The zero-order chi connectivity index (χ0) is 13.7. The highest BCUT2D eigenvalue weighted by Crippen LogP contribution is 2.17. The van der Waals surface area contributed by atoms with Crippen molar-refractivity contribution in [3.63, 3.8) is 0 Å². The number of aliphatic imine (C=N–C) groups is 1. The van der Waals surface area contributed by atoms with Crippen molar-refractivity contribution in [3.8, 4) is 0 Å². The van der Waals surface area contributed by atoms with Crippen molar-refractivity contribution in [1.29, 1.82) is 0 Å². The highest BCUT2D eigenvalue weighted by atomic mass is 19.1. The average molecular weight is 263 g/mol. The highest BCUT2D eigenvalue weighted by Gasteiger charge is 2.13. The first-order chi connectivity index (χ1) is 9.15. The molecule has 0 heterocycles. The smallest absolute Gasteiger partial charge is 0.189 e. The summed E-state index contributed by atoms with van der Waals surface area (Å²) in [5.41, 5.74) is 7.51. The number of nitrogens with one attached hydrogen (secondary N) is 1. The van der Waals surface area contributed by atoms with Gasteiger partial charge in [0.2, 0.25) is 0 Å². The van der Waals surface area contributed by atoms with Crippen molar-refractivity contribution in [2.24, 2.45) is 10.7 Å². The van der Waals surface area contributed by atoms with Crippen molar-refractivity contribution >= 4 is 5.96 Å². The SMILES string of the molecule is Cc1cc(CN=C(N)NC2CCCCC2)ccc1F. The van der Waals surface area contributed by atoms with E-state index in [9.17, 15) is 4.39 Å². The molecule has 0 spiro atoms. The van der Waals surface area contributed by atoms with Gasteiger partial charge in [0, 0.05) is 6.04 Å². The lowest BCUT2D eigenvalue weighted by Gasteiger charge is -2.23. The van der Waals surface area contributed by atoms with Gasteiger partial charge in [0.05, 0.1) is 6.54 Å². The largest absolute Gasteiger partial charge is 0.370 e. The van der Waals surface area contributed by atoms with Crippen LogP contribution in [-0.2, 0) is 6.54 Å². The van der Waals surface area contributed by atoms with E-state index in [1.54, 1.807) is 13.0 Å². The summed E-state index contributed by atoms with van der Waals surface area (Å²) in [6, 6.07) is 5.50. The fourth-order valence-electron chi connectivity index (χ4n) is 2.48. The first-order valence-corrected chi connectivity index (χ1v) is 6.96. The molecule has 0 aliphatic heterocycles. The van der Waals surface area contributed by atoms with E-state index in [-0.39, 0.29) is 5.82 Å². The van der Waals surface area contributed by atoms with E-state index in [2.05, 4.69) is 10.3 Å². The zero-order valence-corrected chi connectivity index (χ0v) is 11.5. The monoisotopic (exact) mass is 263 g/mol. The molecule has 4 heteroatoms. The number of aryl methyl sites for hydroxylation is 1. The molecule has 0 atom stereocenters. The van der Waals surface area contributed by atoms with Crippen LogP contribution in [0.25, 0.3) is 0 Å². The van der Waals surface area contributed by atoms with Crippen molar-refractivity contribution in [2.45, 2.75) is 51.6 Å². The van der Waals surface area contributed by atoms with E-state index in [0.29, 0.717) is 24.1 Å². The Morgan fingerprint density at radius 1 is 1.37 bits per heavy atom. The van der Waals surface area contributed by atoms with E-state index in [4.69, 9.17) is 5.73 Å². The minimum absolute atomic E-state index is 0.180. The average Bonchev–Trinajstić information content (AvgIpc) is 2.41. The lowest BCUT2D eigenvalue weighted by atomic mass is 9.96. The van der Waals surface area contributed by atoms with Crippen LogP contribution in [0.3, 0.4) is 0 Å². The molecule has 104 valence electrons. The van der Waals surface area contributed by atoms with Gasteiger partial charge in [-0.05, 0) is 37.0 Å². The molecular formula is C15H22FN3. The third-order valence-corrected chi connectivity index (χ3v) is 3.61. The Morgan fingerprint density at radius 3 is 2.79 bits per heavy atom. The molecule has 1 aliphatic carbocycles. The summed E-state index contributed by atoms with van der Waals surface area (Å²) in [6.07, 6.45) is 6.20. The van der Waals surface area contributed by atoms with Gasteiger partial charge in [-0.2, -0.15) is 0 Å². The Balaban J connectivity index is 1.87. The summed E-state index contributed by atoms with van der Waals surface area (Å²) < 4.78 is 13.1. The van der Waals surface area contributed by atoms with Crippen LogP contribution in [-0.4, -0.2) is 12.0 Å². The van der Waals surface area contributed by atoms with Crippen molar-refractivity contribution in [2.75, 3.05) is 0 Å². The second-order valence-electron chi connectivity index (χ2n) is 5.26. The first kappa shape index (κ1) is 13.8. The molecule has 3 nitrogen and oxygen atoms in total. The number of benzene rings is 1. The molecular weight excluding hydrogens is 241 g/mol. The summed E-state index contributed by atoms with van der Waals surface area (Å²) in [7, 11) is 0. The highest BCUT2D eigenvalue weighted by molar-refractivity contribution is 5.78. The van der Waals surface area contributed by atoms with Gasteiger partial charge < -0.3 is 11.1 Å². The van der Waals surface area contributed by atoms with E-state index >= 15 is 0 Å². The Labute approximate surface area is 114 Å². The van der Waals surface area contributed by atoms with E-state index in [1.807, 2.05) is 6.07 Å².